The third kappa shape index (κ3) is 1.65. The highest BCUT2D eigenvalue weighted by Crippen LogP contribution is 2.31. The van der Waals surface area contributed by atoms with Crippen molar-refractivity contribution in [2.75, 3.05) is 5.73 Å². The number of hydrogen-bond acceptors (Lipinski definition) is 5. The average molecular weight is 220 g/mol. The Morgan fingerprint density at radius 2 is 2.19 bits per heavy atom. The van der Waals surface area contributed by atoms with Crippen LogP contribution in [-0.2, 0) is 0 Å². The van der Waals surface area contributed by atoms with Gasteiger partial charge in [-0.05, 0) is 6.07 Å². The van der Waals surface area contributed by atoms with Gasteiger partial charge in [0.1, 0.15) is 11.6 Å². The number of hydrogen-bond donors (Lipinski definition) is 3. The summed E-state index contributed by atoms with van der Waals surface area (Å²) in [6.07, 6.45) is 0. The molecule has 0 saturated heterocycles. The summed E-state index contributed by atoms with van der Waals surface area (Å²) in [4.78, 5) is 10.0. The van der Waals surface area contributed by atoms with Crippen molar-refractivity contribution in [2.24, 2.45) is 0 Å². The highest BCUT2D eigenvalue weighted by molar-refractivity contribution is 5.71. The first-order valence-corrected chi connectivity index (χ1v) is 4.36. The van der Waals surface area contributed by atoms with Crippen molar-refractivity contribution >= 4 is 11.5 Å². The lowest BCUT2D eigenvalue weighted by Crippen LogP contribution is -1.89. The monoisotopic (exact) mass is 220 g/mol. The molecule has 1 aromatic heterocycles. The van der Waals surface area contributed by atoms with Crippen LogP contribution in [0.4, 0.5) is 11.5 Å². The molecule has 0 spiro atoms. The molecule has 2 rings (SSSR count). The molecule has 7 heteroatoms. The average Bonchev–Trinajstić information content (AvgIpc) is 2.65. The van der Waals surface area contributed by atoms with Gasteiger partial charge in [-0.15, -0.1) is 0 Å². The van der Waals surface area contributed by atoms with E-state index in [1.807, 2.05) is 0 Å². The zero-order chi connectivity index (χ0) is 11.7. The third-order valence-electron chi connectivity index (χ3n) is 2.08. The lowest BCUT2D eigenvalue weighted by Gasteiger charge is -2.00. The summed E-state index contributed by atoms with van der Waals surface area (Å²) in [7, 11) is 0. The fourth-order valence-electron chi connectivity index (χ4n) is 1.33. The van der Waals surface area contributed by atoms with Gasteiger partial charge in [-0.1, -0.05) is 0 Å². The second-order valence-electron chi connectivity index (χ2n) is 3.17. The second-order valence-corrected chi connectivity index (χ2v) is 3.17. The standard InChI is InChI=1S/C9H8N4O3/c10-9-4-7(11-12-9)6-3-5(13(15)16)1-2-8(6)14/h1-4,14H,(H3,10,11,12). The number of non-ortho nitro benzene ring substituents is 1. The Labute approximate surface area is 89.7 Å². The molecule has 0 saturated carbocycles. The van der Waals surface area contributed by atoms with E-state index in [-0.39, 0.29) is 17.3 Å². The summed E-state index contributed by atoms with van der Waals surface area (Å²) in [6, 6.07) is 5.21. The van der Waals surface area contributed by atoms with Crippen molar-refractivity contribution in [1.29, 1.82) is 0 Å². The molecule has 16 heavy (non-hydrogen) atoms. The normalized spacial score (nSPS) is 10.2. The number of aromatic nitrogens is 2. The fourth-order valence-corrected chi connectivity index (χ4v) is 1.33. The topological polar surface area (TPSA) is 118 Å². The van der Waals surface area contributed by atoms with Gasteiger partial charge in [0.15, 0.2) is 0 Å². The molecule has 7 nitrogen and oxygen atoms in total. The number of nitrogen functional groups attached to an aromatic ring is 1. The molecule has 0 atom stereocenters. The number of phenolic OH excluding ortho intramolecular Hbond substituents is 1. The number of nitrogens with one attached hydrogen (secondary N) is 1. The predicted octanol–water partition coefficient (Wildman–Crippen LogP) is 1.27. The van der Waals surface area contributed by atoms with E-state index in [2.05, 4.69) is 10.2 Å². The first kappa shape index (κ1) is 9.97. The molecule has 0 radical (unpaired) electrons. The van der Waals surface area contributed by atoms with Gasteiger partial charge in [-0.2, -0.15) is 5.10 Å². The Hall–Kier alpha value is -2.57. The number of nitrogens with zero attached hydrogens (tertiary/aromatic N) is 2. The van der Waals surface area contributed by atoms with E-state index in [4.69, 9.17) is 5.73 Å². The maximum absolute atomic E-state index is 10.6. The second kappa shape index (κ2) is 3.54. The molecular formula is C9H8N4O3. The van der Waals surface area contributed by atoms with Gasteiger partial charge in [-0.25, -0.2) is 0 Å². The number of H-pyrrole nitrogens is 1. The smallest absolute Gasteiger partial charge is 0.270 e. The van der Waals surface area contributed by atoms with Crippen molar-refractivity contribution in [3.8, 4) is 17.0 Å². The number of phenols is 1. The number of nitrogens with two attached hydrogens (primary N) is 1. The summed E-state index contributed by atoms with van der Waals surface area (Å²) in [5, 5.41) is 26.4. The lowest BCUT2D eigenvalue weighted by atomic mass is 10.1. The summed E-state index contributed by atoms with van der Waals surface area (Å²) >= 11 is 0. The fraction of sp³-hybridized carbons (Fsp3) is 0. The van der Waals surface area contributed by atoms with Gasteiger partial charge in [0.25, 0.3) is 5.69 Å². The van der Waals surface area contributed by atoms with Crippen LogP contribution in [0.5, 0.6) is 5.75 Å². The number of aromatic amines is 1. The SMILES string of the molecule is Nc1cc(-c2cc([N+](=O)[O-])ccc2O)[nH]n1. The lowest BCUT2D eigenvalue weighted by molar-refractivity contribution is -0.384. The van der Waals surface area contributed by atoms with Crippen LogP contribution in [0.15, 0.2) is 24.3 Å². The Morgan fingerprint density at radius 3 is 2.75 bits per heavy atom. The molecular weight excluding hydrogens is 212 g/mol. The number of anilines is 1. The van der Waals surface area contributed by atoms with Crippen molar-refractivity contribution in [3.63, 3.8) is 0 Å². The van der Waals surface area contributed by atoms with Crippen LogP contribution >= 0.6 is 0 Å². The molecule has 1 heterocycles. The van der Waals surface area contributed by atoms with Crippen LogP contribution in [0.1, 0.15) is 0 Å². The first-order chi connectivity index (χ1) is 7.58. The predicted molar refractivity (Wildman–Crippen MR) is 56.8 cm³/mol. The first-order valence-electron chi connectivity index (χ1n) is 4.36. The molecule has 0 aliphatic heterocycles. The van der Waals surface area contributed by atoms with Crippen LogP contribution in [0.2, 0.25) is 0 Å². The van der Waals surface area contributed by atoms with Crippen LogP contribution in [0, 0.1) is 10.1 Å². The molecule has 82 valence electrons. The molecule has 0 aliphatic carbocycles. The van der Waals surface area contributed by atoms with Gasteiger partial charge in [0, 0.05) is 23.8 Å². The molecule has 0 unspecified atom stereocenters. The molecule has 0 amide bonds. The largest absolute Gasteiger partial charge is 0.507 e. The van der Waals surface area contributed by atoms with Crippen molar-refractivity contribution in [3.05, 3.63) is 34.4 Å². The number of aromatic hydroxyl groups is 1. The van der Waals surface area contributed by atoms with E-state index in [1.165, 1.54) is 24.3 Å². The number of nitro groups is 1. The van der Waals surface area contributed by atoms with Gasteiger partial charge in [0.2, 0.25) is 0 Å². The highest BCUT2D eigenvalue weighted by Gasteiger charge is 2.13. The Morgan fingerprint density at radius 1 is 1.44 bits per heavy atom. The molecule has 4 N–H and O–H groups in total. The van der Waals surface area contributed by atoms with Crippen molar-refractivity contribution in [1.82, 2.24) is 10.2 Å². The minimum atomic E-state index is -0.539. The molecule has 0 aliphatic rings. The van der Waals surface area contributed by atoms with Gasteiger partial charge >= 0.3 is 0 Å². The van der Waals surface area contributed by atoms with E-state index >= 15 is 0 Å². The van der Waals surface area contributed by atoms with Crippen molar-refractivity contribution < 1.29 is 10.0 Å². The zero-order valence-corrected chi connectivity index (χ0v) is 8.04. The number of benzene rings is 1. The highest BCUT2D eigenvalue weighted by atomic mass is 16.6. The van der Waals surface area contributed by atoms with Gasteiger partial charge in [0.05, 0.1) is 10.6 Å². The number of nitro benzene ring substituents is 1. The molecule has 1 aromatic carbocycles. The summed E-state index contributed by atoms with van der Waals surface area (Å²) < 4.78 is 0. The maximum atomic E-state index is 10.6. The van der Waals surface area contributed by atoms with Gasteiger partial charge < -0.3 is 10.8 Å². The minimum absolute atomic E-state index is 0.0748. The van der Waals surface area contributed by atoms with Crippen LogP contribution in [0.3, 0.4) is 0 Å². The quantitative estimate of drug-likeness (QED) is 0.520. The summed E-state index contributed by atoms with van der Waals surface area (Å²) in [5.41, 5.74) is 6.02. The summed E-state index contributed by atoms with van der Waals surface area (Å²) in [5.74, 6) is 0.176. The van der Waals surface area contributed by atoms with Crippen molar-refractivity contribution in [2.45, 2.75) is 0 Å². The van der Waals surface area contributed by atoms with E-state index in [1.54, 1.807) is 0 Å². The third-order valence-corrected chi connectivity index (χ3v) is 2.08. The molecule has 0 bridgehead atoms. The van der Waals surface area contributed by atoms with Crippen LogP contribution < -0.4 is 5.73 Å². The number of rotatable bonds is 2. The maximum Gasteiger partial charge on any atom is 0.270 e. The zero-order valence-electron chi connectivity index (χ0n) is 8.04. The van der Waals surface area contributed by atoms with Crippen LogP contribution in [-0.4, -0.2) is 20.2 Å². The summed E-state index contributed by atoms with van der Waals surface area (Å²) in [6.45, 7) is 0. The van der Waals surface area contributed by atoms with E-state index in [0.29, 0.717) is 11.3 Å². The Balaban J connectivity index is 2.55. The Bertz CT molecular complexity index is 549. The Kier molecular flexibility index (Phi) is 2.20. The van der Waals surface area contributed by atoms with E-state index in [9.17, 15) is 15.2 Å². The minimum Gasteiger partial charge on any atom is -0.507 e. The molecule has 0 fully saturated rings. The van der Waals surface area contributed by atoms with Crippen LogP contribution in [0.25, 0.3) is 11.3 Å². The van der Waals surface area contributed by atoms with E-state index < -0.39 is 4.92 Å². The van der Waals surface area contributed by atoms with Gasteiger partial charge in [-0.3, -0.25) is 15.2 Å². The van der Waals surface area contributed by atoms with E-state index in [0.717, 1.165) is 0 Å². The molecule has 2 aromatic rings.